The summed E-state index contributed by atoms with van der Waals surface area (Å²) < 4.78 is 22.0. The van der Waals surface area contributed by atoms with Gasteiger partial charge in [-0.2, -0.15) is 0 Å². The number of aliphatic hydroxyl groups is 2. The van der Waals surface area contributed by atoms with Gasteiger partial charge in [-0.1, -0.05) is 5.11 Å². The van der Waals surface area contributed by atoms with E-state index in [1.165, 1.54) is 0 Å². The molecule has 2 aliphatic rings. The highest BCUT2D eigenvalue weighted by Crippen LogP contribution is 2.43. The molecule has 2 rings (SSSR count). The van der Waals surface area contributed by atoms with Crippen molar-refractivity contribution in [1.29, 1.82) is 0 Å². The van der Waals surface area contributed by atoms with E-state index in [2.05, 4.69) is 14.5 Å². The molecule has 0 aliphatic carbocycles. The maximum Gasteiger partial charge on any atom is 0.403 e. The van der Waals surface area contributed by atoms with Crippen LogP contribution in [0.5, 0.6) is 0 Å². The van der Waals surface area contributed by atoms with E-state index in [0.717, 1.165) is 24.1 Å². The number of carboxylic acid groups (broad SMARTS) is 1. The topological polar surface area (TPSA) is 232 Å². The summed E-state index contributed by atoms with van der Waals surface area (Å²) in [5.41, 5.74) is 6.36. The van der Waals surface area contributed by atoms with Crippen molar-refractivity contribution in [2.24, 2.45) is 5.11 Å². The Kier molecular flexibility index (Phi) is 6.78. The number of amides is 1. The fraction of sp³-hybridized carbons (Fsp3) is 0.615. The van der Waals surface area contributed by atoms with Crippen molar-refractivity contribution in [3.63, 3.8) is 0 Å². The molecule has 1 amide bonds. The van der Waals surface area contributed by atoms with Gasteiger partial charge in [0, 0.05) is 11.1 Å². The lowest BCUT2D eigenvalue weighted by Crippen LogP contribution is -2.46. The molecule has 1 unspecified atom stereocenters. The van der Waals surface area contributed by atoms with E-state index in [0.29, 0.717) is 0 Å². The third kappa shape index (κ3) is 4.98. The van der Waals surface area contributed by atoms with Gasteiger partial charge in [0.15, 0.2) is 12.0 Å². The van der Waals surface area contributed by atoms with Crippen LogP contribution in [-0.2, 0) is 28.2 Å². The Balaban J connectivity index is 2.23. The predicted octanol–water partition coefficient (Wildman–Crippen LogP) is -1.43. The van der Waals surface area contributed by atoms with Gasteiger partial charge in [-0.3, -0.25) is 23.8 Å². The molecule has 1 saturated heterocycles. The molecule has 0 bridgehead atoms. The van der Waals surface area contributed by atoms with Crippen LogP contribution in [0.1, 0.15) is 13.3 Å². The SMILES string of the molecule is C[C@H](NP(=O)(O)OC[C@@]1(N=[N+]=[N-])O[C@@H](N2C=CC(=O)CC2=O)[C@H](O)[C@@H]1O)C(=O)O. The Labute approximate surface area is 162 Å². The van der Waals surface area contributed by atoms with Crippen molar-refractivity contribution in [2.75, 3.05) is 6.61 Å². The van der Waals surface area contributed by atoms with Crippen molar-refractivity contribution >= 4 is 25.4 Å². The van der Waals surface area contributed by atoms with Crippen molar-refractivity contribution < 1.29 is 48.4 Å². The highest BCUT2D eigenvalue weighted by atomic mass is 31.2. The fourth-order valence-electron chi connectivity index (χ4n) is 2.59. The number of carbonyl (C=O) groups is 3. The number of aliphatic carboxylic acids is 1. The molecule has 0 radical (unpaired) electrons. The number of nitrogens with one attached hydrogen (secondary N) is 1. The first-order chi connectivity index (χ1) is 13.4. The number of carbonyl (C=O) groups excluding carboxylic acids is 2. The second kappa shape index (κ2) is 8.57. The predicted molar refractivity (Wildman–Crippen MR) is 90.4 cm³/mol. The lowest BCUT2D eigenvalue weighted by atomic mass is 10.1. The summed E-state index contributed by atoms with van der Waals surface area (Å²) in [6, 6.07) is -1.48. The molecule has 2 heterocycles. The molecule has 6 atom stereocenters. The summed E-state index contributed by atoms with van der Waals surface area (Å²) in [7, 11) is -4.77. The maximum atomic E-state index is 12.0. The molecule has 15 nitrogen and oxygen atoms in total. The zero-order valence-electron chi connectivity index (χ0n) is 14.9. The van der Waals surface area contributed by atoms with E-state index in [1.807, 2.05) is 0 Å². The van der Waals surface area contributed by atoms with Crippen molar-refractivity contribution in [2.45, 2.75) is 43.5 Å². The number of nitrogens with zero attached hydrogens (tertiary/aromatic N) is 4. The number of ketones is 1. The number of aliphatic hydroxyl groups excluding tert-OH is 2. The number of rotatable bonds is 8. The minimum Gasteiger partial charge on any atom is -0.480 e. The highest BCUT2D eigenvalue weighted by Gasteiger charge is 2.57. The zero-order chi connectivity index (χ0) is 22.0. The van der Waals surface area contributed by atoms with Gasteiger partial charge in [-0.05, 0) is 18.5 Å². The summed E-state index contributed by atoms with van der Waals surface area (Å²) in [4.78, 5) is 47.1. The van der Waals surface area contributed by atoms with Crippen molar-refractivity contribution in [3.8, 4) is 0 Å². The van der Waals surface area contributed by atoms with Gasteiger partial charge in [0.05, 0.1) is 13.0 Å². The zero-order valence-corrected chi connectivity index (χ0v) is 15.7. The molecule has 16 heteroatoms. The van der Waals surface area contributed by atoms with Crippen LogP contribution in [0.4, 0.5) is 0 Å². The molecule has 2 aliphatic heterocycles. The standard InChI is InChI=1S/C13H18N5O10P/c1-6(12(23)24)15-29(25,26)27-5-13(16-17-14)10(22)9(21)11(28-13)18-3-2-7(19)4-8(18)20/h2-3,6,9-11,21-22H,4-5H2,1H3,(H,23,24)(H2,15,25,26)/t6-,9+,10-,11+,13+/m0/s1. The first-order valence-corrected chi connectivity index (χ1v) is 9.60. The quantitative estimate of drug-likeness (QED) is 0.0974. The van der Waals surface area contributed by atoms with Gasteiger partial charge in [0.1, 0.15) is 18.2 Å². The number of hydrogen-bond donors (Lipinski definition) is 5. The van der Waals surface area contributed by atoms with E-state index in [-0.39, 0.29) is 0 Å². The van der Waals surface area contributed by atoms with Crippen LogP contribution in [0.2, 0.25) is 0 Å². The van der Waals surface area contributed by atoms with Crippen LogP contribution in [0.3, 0.4) is 0 Å². The third-order valence-corrected chi connectivity index (χ3v) is 5.29. The Morgan fingerprint density at radius 3 is 2.79 bits per heavy atom. The summed E-state index contributed by atoms with van der Waals surface area (Å²) >= 11 is 0. The van der Waals surface area contributed by atoms with E-state index in [4.69, 9.17) is 15.4 Å². The number of allylic oxidation sites excluding steroid dienone is 1. The van der Waals surface area contributed by atoms with Crippen molar-refractivity contribution in [3.05, 3.63) is 22.7 Å². The Hall–Kier alpha value is -2.35. The van der Waals surface area contributed by atoms with Crippen LogP contribution in [-0.4, -0.2) is 79.6 Å². The molecule has 0 aromatic rings. The summed E-state index contributed by atoms with van der Waals surface area (Å²) in [6.07, 6.45) is -3.91. The van der Waals surface area contributed by atoms with Crippen LogP contribution in [0.15, 0.2) is 17.4 Å². The molecule has 0 saturated carbocycles. The third-order valence-electron chi connectivity index (χ3n) is 4.10. The normalized spacial score (nSPS) is 32.6. The van der Waals surface area contributed by atoms with E-state index >= 15 is 0 Å². The molecule has 29 heavy (non-hydrogen) atoms. The molecule has 1 fully saturated rings. The minimum atomic E-state index is -4.77. The second-order valence-electron chi connectivity index (χ2n) is 6.22. The fourth-order valence-corrected chi connectivity index (χ4v) is 3.62. The molecule has 5 N–H and O–H groups in total. The Bertz CT molecular complexity index is 829. The van der Waals surface area contributed by atoms with Gasteiger partial charge in [0.2, 0.25) is 11.6 Å². The monoisotopic (exact) mass is 435 g/mol. The second-order valence-corrected chi connectivity index (χ2v) is 7.78. The van der Waals surface area contributed by atoms with Crippen LogP contribution < -0.4 is 5.09 Å². The highest BCUT2D eigenvalue weighted by molar-refractivity contribution is 7.50. The average Bonchev–Trinajstić information content (AvgIpc) is 2.86. The molecule has 0 aromatic carbocycles. The number of hydrogen-bond acceptors (Lipinski definition) is 9. The summed E-state index contributed by atoms with van der Waals surface area (Å²) in [5, 5.41) is 34.3. The van der Waals surface area contributed by atoms with Gasteiger partial charge >= 0.3 is 13.7 Å². The smallest absolute Gasteiger partial charge is 0.403 e. The van der Waals surface area contributed by atoms with Crippen LogP contribution >= 0.6 is 7.75 Å². The van der Waals surface area contributed by atoms with E-state index in [1.54, 1.807) is 5.09 Å². The summed E-state index contributed by atoms with van der Waals surface area (Å²) in [5.74, 6) is -2.72. The maximum absolute atomic E-state index is 12.0. The van der Waals surface area contributed by atoms with Gasteiger partial charge in [0.25, 0.3) is 0 Å². The minimum absolute atomic E-state index is 0.497. The van der Waals surface area contributed by atoms with Crippen LogP contribution in [0.25, 0.3) is 10.4 Å². The van der Waals surface area contributed by atoms with E-state index in [9.17, 15) is 34.1 Å². The van der Waals surface area contributed by atoms with Crippen molar-refractivity contribution in [1.82, 2.24) is 9.99 Å². The lowest BCUT2D eigenvalue weighted by Gasteiger charge is -2.30. The largest absolute Gasteiger partial charge is 0.480 e. The molecule has 0 spiro atoms. The molecule has 0 aromatic heterocycles. The van der Waals surface area contributed by atoms with Gasteiger partial charge in [-0.15, -0.1) is 0 Å². The average molecular weight is 435 g/mol. The number of carboxylic acids is 1. The van der Waals surface area contributed by atoms with Crippen LogP contribution in [0, 0.1) is 0 Å². The van der Waals surface area contributed by atoms with E-state index < -0.39 is 68.6 Å². The number of ether oxygens (including phenoxy) is 1. The molecular formula is C13H18N5O10P. The summed E-state index contributed by atoms with van der Waals surface area (Å²) in [6.45, 7) is -0.0162. The first-order valence-electron chi connectivity index (χ1n) is 8.03. The Morgan fingerprint density at radius 2 is 2.24 bits per heavy atom. The number of azide groups is 1. The Morgan fingerprint density at radius 1 is 1.59 bits per heavy atom. The molecular weight excluding hydrogens is 417 g/mol. The first kappa shape index (κ1) is 22.9. The lowest BCUT2D eigenvalue weighted by molar-refractivity contribution is -0.159. The van der Waals surface area contributed by atoms with Gasteiger partial charge in [-0.25, -0.2) is 9.65 Å². The van der Waals surface area contributed by atoms with Gasteiger partial charge < -0.3 is 24.9 Å². The molecule has 160 valence electrons.